The molecule has 0 saturated carbocycles. The normalized spacial score (nSPS) is 14.3. The van der Waals surface area contributed by atoms with E-state index < -0.39 is 11.0 Å². The summed E-state index contributed by atoms with van der Waals surface area (Å²) in [6.07, 6.45) is -0.749. The van der Waals surface area contributed by atoms with Gasteiger partial charge in [-0.05, 0) is 12.5 Å². The minimum Gasteiger partial charge on any atom is -0.394 e. The predicted octanol–water partition coefficient (Wildman–Crippen LogP) is 1.74. The molecule has 0 amide bonds. The molecule has 1 aromatic carbocycles. The van der Waals surface area contributed by atoms with E-state index in [0.29, 0.717) is 5.75 Å². The van der Waals surface area contributed by atoms with Gasteiger partial charge in [0.1, 0.15) is 0 Å². The summed E-state index contributed by atoms with van der Waals surface area (Å²) in [6, 6.07) is 6.44. The van der Waals surface area contributed by atoms with Gasteiger partial charge in [0, 0.05) is 23.1 Å². The van der Waals surface area contributed by atoms with Crippen LogP contribution in [0.4, 0.5) is 5.69 Å². The number of benzene rings is 1. The number of thioether (sulfide) groups is 1. The molecule has 6 heteroatoms. The number of hydrogen-bond donors (Lipinski definition) is 2. The van der Waals surface area contributed by atoms with Gasteiger partial charge < -0.3 is 10.2 Å². The van der Waals surface area contributed by atoms with Gasteiger partial charge in [0.15, 0.2) is 0 Å². The molecule has 2 unspecified atom stereocenters. The summed E-state index contributed by atoms with van der Waals surface area (Å²) in [6.45, 7) is 1.64. The van der Waals surface area contributed by atoms with Crippen molar-refractivity contribution in [1.29, 1.82) is 0 Å². The molecule has 2 N–H and O–H groups in total. The second-order valence-electron chi connectivity index (χ2n) is 3.66. The maximum absolute atomic E-state index is 10.6. The first kappa shape index (κ1) is 14.0. The summed E-state index contributed by atoms with van der Waals surface area (Å²) in [5.41, 5.74) is 0.909. The monoisotopic (exact) mass is 257 g/mol. The van der Waals surface area contributed by atoms with Crippen LogP contribution in [0.3, 0.4) is 0 Å². The van der Waals surface area contributed by atoms with Gasteiger partial charge in [0.05, 0.1) is 17.6 Å². The van der Waals surface area contributed by atoms with E-state index in [0.717, 1.165) is 5.56 Å². The van der Waals surface area contributed by atoms with Gasteiger partial charge in [0.2, 0.25) is 0 Å². The lowest BCUT2D eigenvalue weighted by Gasteiger charge is -2.13. The lowest BCUT2D eigenvalue weighted by molar-refractivity contribution is -0.384. The van der Waals surface area contributed by atoms with Crippen LogP contribution in [0.15, 0.2) is 24.3 Å². The smallest absolute Gasteiger partial charge is 0.269 e. The zero-order valence-electron chi connectivity index (χ0n) is 9.44. The van der Waals surface area contributed by atoms with E-state index in [1.165, 1.54) is 23.9 Å². The van der Waals surface area contributed by atoms with Crippen molar-refractivity contribution in [3.8, 4) is 0 Å². The van der Waals surface area contributed by atoms with Crippen molar-refractivity contribution in [2.75, 3.05) is 12.4 Å². The van der Waals surface area contributed by atoms with Crippen LogP contribution in [0.2, 0.25) is 0 Å². The molecule has 2 atom stereocenters. The Morgan fingerprint density at radius 3 is 2.82 bits per heavy atom. The van der Waals surface area contributed by atoms with Crippen LogP contribution in [0.5, 0.6) is 0 Å². The maximum atomic E-state index is 10.6. The third-order valence-corrected chi connectivity index (χ3v) is 3.65. The first-order chi connectivity index (χ1) is 8.04. The van der Waals surface area contributed by atoms with E-state index in [4.69, 9.17) is 5.11 Å². The highest BCUT2D eigenvalue weighted by atomic mass is 32.2. The Bertz CT molecular complexity index is 385. The van der Waals surface area contributed by atoms with E-state index in [1.807, 2.05) is 13.0 Å². The number of aliphatic hydroxyl groups excluding tert-OH is 2. The first-order valence-electron chi connectivity index (χ1n) is 5.19. The molecule has 0 bridgehead atoms. The molecular formula is C11H15NO4S. The van der Waals surface area contributed by atoms with Crippen LogP contribution in [0.25, 0.3) is 0 Å². The van der Waals surface area contributed by atoms with Gasteiger partial charge in [0.25, 0.3) is 5.69 Å². The molecule has 0 radical (unpaired) electrons. The number of hydrogen-bond acceptors (Lipinski definition) is 5. The molecule has 94 valence electrons. The van der Waals surface area contributed by atoms with Gasteiger partial charge in [-0.1, -0.05) is 12.1 Å². The van der Waals surface area contributed by atoms with E-state index in [1.54, 1.807) is 6.07 Å². The van der Waals surface area contributed by atoms with Crippen molar-refractivity contribution in [3.05, 3.63) is 39.9 Å². The summed E-state index contributed by atoms with van der Waals surface area (Å²) in [4.78, 5) is 10.2. The van der Waals surface area contributed by atoms with Crippen molar-refractivity contribution >= 4 is 17.4 Å². The number of non-ortho nitro benzene ring substituents is 1. The molecule has 0 aromatic heterocycles. The standard InChI is InChI=1S/C11H15NO4S/c1-8(17-7-11(14)6-13)9-3-2-4-10(5-9)12(15)16/h2-5,8,11,13-14H,6-7H2,1H3. The van der Waals surface area contributed by atoms with Gasteiger partial charge >= 0.3 is 0 Å². The van der Waals surface area contributed by atoms with Gasteiger partial charge in [-0.15, -0.1) is 0 Å². The minimum absolute atomic E-state index is 0.0381. The maximum Gasteiger partial charge on any atom is 0.269 e. The summed E-state index contributed by atoms with van der Waals surface area (Å²) in [7, 11) is 0. The average Bonchev–Trinajstić information content (AvgIpc) is 2.35. The summed E-state index contributed by atoms with van der Waals surface area (Å²) < 4.78 is 0. The topological polar surface area (TPSA) is 83.6 Å². The number of nitro groups is 1. The van der Waals surface area contributed by atoms with E-state index in [2.05, 4.69) is 0 Å². The fraction of sp³-hybridized carbons (Fsp3) is 0.455. The molecule has 5 nitrogen and oxygen atoms in total. The third kappa shape index (κ3) is 4.33. The SMILES string of the molecule is CC(SCC(O)CO)c1cccc([N+](=O)[O-])c1. The Kier molecular flexibility index (Phi) is 5.40. The largest absolute Gasteiger partial charge is 0.394 e. The molecule has 0 heterocycles. The summed E-state index contributed by atoms with van der Waals surface area (Å²) in [5.74, 6) is 0.403. The van der Waals surface area contributed by atoms with Crippen LogP contribution in [-0.2, 0) is 0 Å². The van der Waals surface area contributed by atoms with E-state index in [-0.39, 0.29) is 17.5 Å². The van der Waals surface area contributed by atoms with Gasteiger partial charge in [-0.2, -0.15) is 11.8 Å². The molecule has 17 heavy (non-hydrogen) atoms. The quantitative estimate of drug-likeness (QED) is 0.599. The van der Waals surface area contributed by atoms with Crippen LogP contribution in [0.1, 0.15) is 17.7 Å². The second-order valence-corrected chi connectivity index (χ2v) is 5.04. The van der Waals surface area contributed by atoms with Crippen LogP contribution in [-0.4, -0.2) is 33.6 Å². The molecule has 0 aliphatic rings. The van der Waals surface area contributed by atoms with Crippen LogP contribution in [0, 0.1) is 10.1 Å². The van der Waals surface area contributed by atoms with Gasteiger partial charge in [-0.3, -0.25) is 10.1 Å². The Hall–Kier alpha value is -1.11. The van der Waals surface area contributed by atoms with Crippen molar-refractivity contribution in [1.82, 2.24) is 0 Å². The second kappa shape index (κ2) is 6.58. The third-order valence-electron chi connectivity index (χ3n) is 2.30. The zero-order chi connectivity index (χ0) is 12.8. The Balaban J connectivity index is 2.65. The fourth-order valence-electron chi connectivity index (χ4n) is 1.30. The zero-order valence-corrected chi connectivity index (χ0v) is 10.3. The lowest BCUT2D eigenvalue weighted by Crippen LogP contribution is -2.15. The lowest BCUT2D eigenvalue weighted by atomic mass is 10.1. The number of nitro benzene ring substituents is 1. The minimum atomic E-state index is -0.749. The summed E-state index contributed by atoms with van der Waals surface area (Å²) >= 11 is 1.45. The Morgan fingerprint density at radius 2 is 2.24 bits per heavy atom. The van der Waals surface area contributed by atoms with Gasteiger partial charge in [-0.25, -0.2) is 0 Å². The van der Waals surface area contributed by atoms with E-state index >= 15 is 0 Å². The summed E-state index contributed by atoms with van der Waals surface area (Å²) in [5, 5.41) is 28.6. The number of rotatable bonds is 6. The molecule has 0 aliphatic carbocycles. The van der Waals surface area contributed by atoms with Crippen LogP contribution < -0.4 is 0 Å². The predicted molar refractivity (Wildman–Crippen MR) is 67.1 cm³/mol. The highest BCUT2D eigenvalue weighted by molar-refractivity contribution is 7.99. The van der Waals surface area contributed by atoms with E-state index in [9.17, 15) is 15.2 Å². The molecule has 0 fully saturated rings. The molecule has 1 aromatic rings. The molecule has 1 rings (SSSR count). The molecule has 0 spiro atoms. The fourth-order valence-corrected chi connectivity index (χ4v) is 2.25. The highest BCUT2D eigenvalue weighted by Crippen LogP contribution is 2.30. The van der Waals surface area contributed by atoms with Crippen molar-refractivity contribution in [2.45, 2.75) is 18.3 Å². The molecular weight excluding hydrogens is 242 g/mol. The molecule has 0 aliphatic heterocycles. The number of aliphatic hydroxyl groups is 2. The average molecular weight is 257 g/mol. The highest BCUT2D eigenvalue weighted by Gasteiger charge is 2.12. The molecule has 0 saturated heterocycles. The van der Waals surface area contributed by atoms with Crippen molar-refractivity contribution in [2.24, 2.45) is 0 Å². The van der Waals surface area contributed by atoms with Crippen molar-refractivity contribution < 1.29 is 15.1 Å². The first-order valence-corrected chi connectivity index (χ1v) is 6.24. The Morgan fingerprint density at radius 1 is 1.53 bits per heavy atom. The van der Waals surface area contributed by atoms with Crippen molar-refractivity contribution in [3.63, 3.8) is 0 Å². The Labute approximate surface area is 104 Å². The van der Waals surface area contributed by atoms with Crippen LogP contribution >= 0.6 is 11.8 Å². The number of nitrogens with zero attached hydrogens (tertiary/aromatic N) is 1.